The standard InChI is InChI=1S/C71H128O6/c1-4-7-10-13-16-19-22-25-28-30-31-32-33-34-35-36-37-38-39-41-43-46-49-52-55-58-61-64-70(73)76-67-68(66-75-69(72)63-60-57-54-51-48-45-42-27-24-21-18-15-12-9-6-3)77-71(74)65-62-59-56-53-50-47-44-40-29-26-23-20-17-14-11-8-5-2/h8,11,17-18,20-21,26-27,29,42,68H,4-7,9-10,12-16,19,22-25,28,30-41,43-67H2,1-3H3/b11-8-,20-17-,21-18-,29-26-,42-27-. The van der Waals surface area contributed by atoms with Gasteiger partial charge in [-0.05, 0) is 83.5 Å². The number of hydrogen-bond acceptors (Lipinski definition) is 6. The summed E-state index contributed by atoms with van der Waals surface area (Å²) in [7, 11) is 0. The number of carbonyl (C=O) groups is 3. The van der Waals surface area contributed by atoms with E-state index in [0.717, 1.165) is 103 Å². The van der Waals surface area contributed by atoms with E-state index in [4.69, 9.17) is 14.2 Å². The van der Waals surface area contributed by atoms with Crippen molar-refractivity contribution in [2.45, 2.75) is 361 Å². The molecule has 1 unspecified atom stereocenters. The zero-order valence-electron chi connectivity index (χ0n) is 51.5. The van der Waals surface area contributed by atoms with Crippen LogP contribution in [0.4, 0.5) is 0 Å². The van der Waals surface area contributed by atoms with Gasteiger partial charge in [0.15, 0.2) is 6.10 Å². The SMILES string of the molecule is CC/C=C\C/C=C\C/C=C\CCCCCCCCCC(=O)OC(COC(=O)CCCCCCC/C=C\C/C=C\CCCCC)COC(=O)CCCCCCCCCCCCCCCCCCCCCCCCCCCCC. The number of allylic oxidation sites excluding steroid dienone is 10. The smallest absolute Gasteiger partial charge is 0.306 e. The molecule has 0 aliphatic rings. The number of unbranched alkanes of at least 4 members (excludes halogenated alkanes) is 41. The predicted octanol–water partition coefficient (Wildman–Crippen LogP) is 23.1. The Balaban J connectivity index is 4.25. The summed E-state index contributed by atoms with van der Waals surface area (Å²) in [6, 6.07) is 0. The maximum atomic E-state index is 12.9. The number of hydrogen-bond donors (Lipinski definition) is 0. The Morgan fingerprint density at radius 3 is 0.818 bits per heavy atom. The summed E-state index contributed by atoms with van der Waals surface area (Å²) in [5, 5.41) is 0. The third-order valence-corrected chi connectivity index (χ3v) is 15.0. The molecule has 0 aliphatic heterocycles. The molecule has 1 atom stereocenters. The van der Waals surface area contributed by atoms with Gasteiger partial charge in [0, 0.05) is 19.3 Å². The van der Waals surface area contributed by atoms with Gasteiger partial charge < -0.3 is 14.2 Å². The molecule has 0 N–H and O–H groups in total. The summed E-state index contributed by atoms with van der Waals surface area (Å²) in [5.74, 6) is -0.884. The van der Waals surface area contributed by atoms with E-state index in [1.165, 1.54) is 212 Å². The first-order valence-electron chi connectivity index (χ1n) is 33.8. The third-order valence-electron chi connectivity index (χ3n) is 15.0. The molecule has 0 rings (SSSR count). The molecule has 0 amide bonds. The van der Waals surface area contributed by atoms with Crippen LogP contribution in [0.1, 0.15) is 355 Å². The average molecular weight is 1080 g/mol. The monoisotopic (exact) mass is 1080 g/mol. The van der Waals surface area contributed by atoms with E-state index in [1.54, 1.807) is 0 Å². The van der Waals surface area contributed by atoms with E-state index in [9.17, 15) is 14.4 Å². The Bertz CT molecular complexity index is 1380. The highest BCUT2D eigenvalue weighted by Gasteiger charge is 2.19. The minimum atomic E-state index is -0.785. The molecule has 0 aromatic carbocycles. The van der Waals surface area contributed by atoms with Crippen LogP contribution in [0.25, 0.3) is 0 Å². The van der Waals surface area contributed by atoms with Gasteiger partial charge in [0.05, 0.1) is 0 Å². The molecule has 448 valence electrons. The maximum Gasteiger partial charge on any atom is 0.306 e. The van der Waals surface area contributed by atoms with E-state index in [-0.39, 0.29) is 31.1 Å². The summed E-state index contributed by atoms with van der Waals surface area (Å²) < 4.78 is 16.9. The Morgan fingerprint density at radius 2 is 0.506 bits per heavy atom. The normalized spacial score (nSPS) is 12.4. The summed E-state index contributed by atoms with van der Waals surface area (Å²) in [6.45, 7) is 6.54. The second kappa shape index (κ2) is 65.6. The van der Waals surface area contributed by atoms with Crippen molar-refractivity contribution in [2.75, 3.05) is 13.2 Å². The molecule has 0 aliphatic carbocycles. The third kappa shape index (κ3) is 63.8. The number of esters is 3. The first kappa shape index (κ1) is 74.1. The fourth-order valence-corrected chi connectivity index (χ4v) is 9.96. The summed E-state index contributed by atoms with van der Waals surface area (Å²) in [6.07, 6.45) is 83.9. The molecular formula is C71H128O6. The van der Waals surface area contributed by atoms with Crippen molar-refractivity contribution in [2.24, 2.45) is 0 Å². The lowest BCUT2D eigenvalue weighted by atomic mass is 10.0. The number of rotatable bonds is 62. The fourth-order valence-electron chi connectivity index (χ4n) is 9.96. The van der Waals surface area contributed by atoms with Gasteiger partial charge in [-0.15, -0.1) is 0 Å². The van der Waals surface area contributed by atoms with Crippen molar-refractivity contribution in [1.29, 1.82) is 0 Å². The molecule has 77 heavy (non-hydrogen) atoms. The van der Waals surface area contributed by atoms with Gasteiger partial charge in [-0.1, -0.05) is 313 Å². The quantitative estimate of drug-likeness (QED) is 0.0261. The maximum absolute atomic E-state index is 12.9. The second-order valence-corrected chi connectivity index (χ2v) is 22.7. The molecule has 0 radical (unpaired) electrons. The summed E-state index contributed by atoms with van der Waals surface area (Å²) in [4.78, 5) is 38.4. The Kier molecular flexibility index (Phi) is 63.2. The Labute approximate surface area is 479 Å². The van der Waals surface area contributed by atoms with Gasteiger partial charge >= 0.3 is 17.9 Å². The molecule has 0 heterocycles. The van der Waals surface area contributed by atoms with Gasteiger partial charge in [0.25, 0.3) is 0 Å². The molecule has 0 saturated carbocycles. The van der Waals surface area contributed by atoms with Crippen LogP contribution in [-0.4, -0.2) is 37.2 Å². The molecule has 0 spiro atoms. The topological polar surface area (TPSA) is 78.9 Å². The van der Waals surface area contributed by atoms with Gasteiger partial charge in [0.1, 0.15) is 13.2 Å². The largest absolute Gasteiger partial charge is 0.462 e. The van der Waals surface area contributed by atoms with Crippen LogP contribution in [0.5, 0.6) is 0 Å². The minimum absolute atomic E-state index is 0.0798. The highest BCUT2D eigenvalue weighted by molar-refractivity contribution is 5.71. The molecule has 0 bridgehead atoms. The van der Waals surface area contributed by atoms with Gasteiger partial charge in [-0.3, -0.25) is 14.4 Å². The van der Waals surface area contributed by atoms with Crippen molar-refractivity contribution >= 4 is 17.9 Å². The van der Waals surface area contributed by atoms with Crippen molar-refractivity contribution in [3.63, 3.8) is 0 Å². The van der Waals surface area contributed by atoms with Crippen LogP contribution in [0.2, 0.25) is 0 Å². The average Bonchev–Trinajstić information content (AvgIpc) is 3.43. The lowest BCUT2D eigenvalue weighted by Crippen LogP contribution is -2.30. The van der Waals surface area contributed by atoms with Crippen molar-refractivity contribution < 1.29 is 28.6 Å². The van der Waals surface area contributed by atoms with E-state index in [1.807, 2.05) is 0 Å². The van der Waals surface area contributed by atoms with E-state index < -0.39 is 6.10 Å². The van der Waals surface area contributed by atoms with E-state index in [0.29, 0.717) is 19.3 Å². The van der Waals surface area contributed by atoms with Crippen LogP contribution in [0.3, 0.4) is 0 Å². The zero-order valence-corrected chi connectivity index (χ0v) is 51.5. The van der Waals surface area contributed by atoms with Gasteiger partial charge in [-0.2, -0.15) is 0 Å². The molecule has 6 nitrogen and oxygen atoms in total. The molecule has 6 heteroatoms. The molecule has 0 aromatic heterocycles. The van der Waals surface area contributed by atoms with Crippen LogP contribution >= 0.6 is 0 Å². The van der Waals surface area contributed by atoms with Crippen LogP contribution in [0, 0.1) is 0 Å². The predicted molar refractivity (Wildman–Crippen MR) is 335 cm³/mol. The van der Waals surface area contributed by atoms with E-state index in [2.05, 4.69) is 81.5 Å². The Hall–Kier alpha value is -2.89. The minimum Gasteiger partial charge on any atom is -0.462 e. The first-order chi connectivity index (χ1) is 38.0. The lowest BCUT2D eigenvalue weighted by Gasteiger charge is -2.18. The number of carbonyl (C=O) groups excluding carboxylic acids is 3. The summed E-state index contributed by atoms with van der Waals surface area (Å²) >= 11 is 0. The van der Waals surface area contributed by atoms with Crippen LogP contribution < -0.4 is 0 Å². The van der Waals surface area contributed by atoms with E-state index >= 15 is 0 Å². The van der Waals surface area contributed by atoms with Crippen LogP contribution in [-0.2, 0) is 28.6 Å². The van der Waals surface area contributed by atoms with Gasteiger partial charge in [0.2, 0.25) is 0 Å². The fraction of sp³-hybridized carbons (Fsp3) is 0.817. The lowest BCUT2D eigenvalue weighted by molar-refractivity contribution is -0.167. The second-order valence-electron chi connectivity index (χ2n) is 22.7. The van der Waals surface area contributed by atoms with Crippen molar-refractivity contribution in [3.05, 3.63) is 60.8 Å². The highest BCUT2D eigenvalue weighted by atomic mass is 16.6. The molecule has 0 aromatic rings. The number of ether oxygens (including phenoxy) is 3. The van der Waals surface area contributed by atoms with Crippen molar-refractivity contribution in [1.82, 2.24) is 0 Å². The van der Waals surface area contributed by atoms with Gasteiger partial charge in [-0.25, -0.2) is 0 Å². The molecule has 0 fully saturated rings. The Morgan fingerprint density at radius 1 is 0.273 bits per heavy atom. The molecule has 0 saturated heterocycles. The summed E-state index contributed by atoms with van der Waals surface area (Å²) in [5.41, 5.74) is 0. The molecular weight excluding hydrogens is 949 g/mol. The zero-order chi connectivity index (χ0) is 55.7. The highest BCUT2D eigenvalue weighted by Crippen LogP contribution is 2.18. The first-order valence-corrected chi connectivity index (χ1v) is 33.8. The van der Waals surface area contributed by atoms with Crippen LogP contribution in [0.15, 0.2) is 60.8 Å². The van der Waals surface area contributed by atoms with Crippen molar-refractivity contribution in [3.8, 4) is 0 Å².